The molecule has 1 fully saturated rings. The van der Waals surface area contributed by atoms with Crippen LogP contribution in [0.1, 0.15) is 23.4 Å². The Balaban J connectivity index is 1.38. The van der Waals surface area contributed by atoms with Crippen molar-refractivity contribution in [3.63, 3.8) is 0 Å². The molecule has 1 aliphatic heterocycles. The van der Waals surface area contributed by atoms with Crippen molar-refractivity contribution in [1.82, 2.24) is 4.31 Å². The fourth-order valence-electron chi connectivity index (χ4n) is 3.88. The van der Waals surface area contributed by atoms with Crippen LogP contribution in [-0.4, -0.2) is 31.7 Å². The van der Waals surface area contributed by atoms with Crippen LogP contribution in [-0.2, 0) is 10.0 Å². The molecule has 0 unspecified atom stereocenters. The first-order valence-electron chi connectivity index (χ1n) is 9.85. The molecule has 6 nitrogen and oxygen atoms in total. The van der Waals surface area contributed by atoms with Gasteiger partial charge in [0.1, 0.15) is 5.58 Å². The summed E-state index contributed by atoms with van der Waals surface area (Å²) in [6, 6.07) is 19.7. The zero-order valence-corrected chi connectivity index (χ0v) is 17.0. The van der Waals surface area contributed by atoms with E-state index in [0.29, 0.717) is 24.4 Å². The van der Waals surface area contributed by atoms with Gasteiger partial charge < -0.3 is 9.73 Å². The number of carbonyl (C=O) groups is 1. The normalized spacial score (nSPS) is 15.1. The molecule has 1 aromatic heterocycles. The highest BCUT2D eigenvalue weighted by Gasteiger charge is 2.27. The Morgan fingerprint density at radius 2 is 1.63 bits per heavy atom. The van der Waals surface area contributed by atoms with Gasteiger partial charge in [-0.05, 0) is 60.0 Å². The molecule has 1 saturated heterocycles. The molecule has 2 heterocycles. The van der Waals surface area contributed by atoms with Gasteiger partial charge >= 0.3 is 0 Å². The van der Waals surface area contributed by atoms with Gasteiger partial charge in [-0.15, -0.1) is 0 Å². The highest BCUT2D eigenvalue weighted by Crippen LogP contribution is 2.29. The summed E-state index contributed by atoms with van der Waals surface area (Å²) in [5, 5.41) is 5.75. The Morgan fingerprint density at radius 3 is 2.40 bits per heavy atom. The lowest BCUT2D eigenvalue weighted by atomic mass is 10.1. The van der Waals surface area contributed by atoms with E-state index < -0.39 is 10.0 Å². The maximum atomic E-state index is 12.7. The molecule has 1 amide bonds. The van der Waals surface area contributed by atoms with E-state index in [-0.39, 0.29) is 16.6 Å². The largest absolute Gasteiger partial charge is 0.451 e. The monoisotopic (exact) mass is 420 g/mol. The molecule has 30 heavy (non-hydrogen) atoms. The molecule has 1 N–H and O–H groups in total. The summed E-state index contributed by atoms with van der Waals surface area (Å²) in [4.78, 5) is 12.9. The van der Waals surface area contributed by atoms with E-state index in [1.54, 1.807) is 18.2 Å². The average Bonchev–Trinajstić information content (AvgIpc) is 3.45. The van der Waals surface area contributed by atoms with Gasteiger partial charge in [-0.3, -0.25) is 4.79 Å². The number of fused-ring (bicyclic) bond motifs is 3. The summed E-state index contributed by atoms with van der Waals surface area (Å²) in [6.07, 6.45) is 1.78. The summed E-state index contributed by atoms with van der Waals surface area (Å²) in [6.45, 7) is 1.11. The maximum Gasteiger partial charge on any atom is 0.291 e. The predicted molar refractivity (Wildman–Crippen MR) is 116 cm³/mol. The van der Waals surface area contributed by atoms with E-state index in [1.807, 2.05) is 36.4 Å². The molecule has 0 saturated carbocycles. The van der Waals surface area contributed by atoms with Crippen LogP contribution in [0.3, 0.4) is 0 Å². The molecule has 0 spiro atoms. The van der Waals surface area contributed by atoms with E-state index in [1.165, 1.54) is 16.4 Å². The van der Waals surface area contributed by atoms with Crippen LogP contribution in [0.5, 0.6) is 0 Å². The topological polar surface area (TPSA) is 79.6 Å². The molecule has 0 radical (unpaired) electrons. The fourth-order valence-corrected chi connectivity index (χ4v) is 5.40. The number of nitrogens with zero attached hydrogens (tertiary/aromatic N) is 1. The van der Waals surface area contributed by atoms with E-state index >= 15 is 0 Å². The number of amides is 1. The Labute approximate surface area is 174 Å². The highest BCUT2D eigenvalue weighted by atomic mass is 32.2. The van der Waals surface area contributed by atoms with Crippen LogP contribution < -0.4 is 5.32 Å². The summed E-state index contributed by atoms with van der Waals surface area (Å²) >= 11 is 0. The standard InChI is InChI=1S/C23H20N2O4S/c26-23(22-15-20-19-6-2-1-5-16(19)7-12-21(20)29-22)24-17-8-10-18(11-9-17)30(27,28)25-13-3-4-14-25/h1-2,5-12,15H,3-4,13-14H2,(H,24,26). The van der Waals surface area contributed by atoms with Crippen LogP contribution in [0.2, 0.25) is 0 Å². The minimum Gasteiger partial charge on any atom is -0.451 e. The third-order valence-corrected chi connectivity index (χ3v) is 7.38. The van der Waals surface area contributed by atoms with E-state index in [0.717, 1.165) is 29.0 Å². The Kier molecular flexibility index (Phi) is 4.56. The molecular formula is C23H20N2O4S. The zero-order chi connectivity index (χ0) is 20.7. The van der Waals surface area contributed by atoms with Crippen LogP contribution in [0.25, 0.3) is 21.7 Å². The average molecular weight is 420 g/mol. The lowest BCUT2D eigenvalue weighted by Gasteiger charge is -2.15. The summed E-state index contributed by atoms with van der Waals surface area (Å²) in [5.74, 6) is -0.180. The fraction of sp³-hybridized carbons (Fsp3) is 0.174. The van der Waals surface area contributed by atoms with E-state index in [2.05, 4.69) is 5.32 Å². The van der Waals surface area contributed by atoms with Gasteiger partial charge in [0.15, 0.2) is 5.76 Å². The molecule has 0 aliphatic carbocycles. The minimum atomic E-state index is -3.47. The molecule has 0 bridgehead atoms. The summed E-state index contributed by atoms with van der Waals surface area (Å²) in [5.41, 5.74) is 1.15. The number of anilines is 1. The number of benzene rings is 3. The van der Waals surface area contributed by atoms with Gasteiger partial charge in [0, 0.05) is 24.2 Å². The quantitative estimate of drug-likeness (QED) is 0.522. The van der Waals surface area contributed by atoms with Crippen LogP contribution in [0.4, 0.5) is 5.69 Å². The highest BCUT2D eigenvalue weighted by molar-refractivity contribution is 7.89. The Morgan fingerprint density at radius 1 is 0.900 bits per heavy atom. The van der Waals surface area contributed by atoms with Crippen molar-refractivity contribution in [3.8, 4) is 0 Å². The van der Waals surface area contributed by atoms with Gasteiger partial charge in [-0.25, -0.2) is 8.42 Å². The van der Waals surface area contributed by atoms with E-state index in [4.69, 9.17) is 4.42 Å². The van der Waals surface area contributed by atoms with Crippen molar-refractivity contribution in [2.24, 2.45) is 0 Å². The SMILES string of the molecule is O=C(Nc1ccc(S(=O)(=O)N2CCCC2)cc1)c1cc2c(ccc3ccccc32)o1. The smallest absolute Gasteiger partial charge is 0.291 e. The molecule has 1 aliphatic rings. The van der Waals surface area contributed by atoms with Crippen molar-refractivity contribution in [2.75, 3.05) is 18.4 Å². The predicted octanol–water partition coefficient (Wildman–Crippen LogP) is 4.62. The molecule has 7 heteroatoms. The van der Waals surface area contributed by atoms with Crippen molar-refractivity contribution >= 4 is 43.4 Å². The van der Waals surface area contributed by atoms with Crippen molar-refractivity contribution in [2.45, 2.75) is 17.7 Å². The zero-order valence-electron chi connectivity index (χ0n) is 16.2. The van der Waals surface area contributed by atoms with Gasteiger partial charge in [0.25, 0.3) is 5.91 Å². The van der Waals surface area contributed by atoms with Crippen LogP contribution in [0.15, 0.2) is 76.0 Å². The van der Waals surface area contributed by atoms with Crippen LogP contribution in [0, 0.1) is 0 Å². The second-order valence-corrected chi connectivity index (χ2v) is 9.34. The molecule has 5 rings (SSSR count). The number of sulfonamides is 1. The molecular weight excluding hydrogens is 400 g/mol. The Bertz CT molecular complexity index is 1350. The number of furan rings is 1. The Hall–Kier alpha value is -3.16. The van der Waals surface area contributed by atoms with E-state index in [9.17, 15) is 13.2 Å². The molecule has 4 aromatic rings. The number of hydrogen-bond donors (Lipinski definition) is 1. The van der Waals surface area contributed by atoms with Crippen molar-refractivity contribution in [3.05, 3.63) is 72.5 Å². The molecule has 0 atom stereocenters. The molecule has 152 valence electrons. The maximum absolute atomic E-state index is 12.7. The van der Waals surface area contributed by atoms with Crippen molar-refractivity contribution in [1.29, 1.82) is 0 Å². The third-order valence-electron chi connectivity index (χ3n) is 5.46. The molecule has 3 aromatic carbocycles. The van der Waals surface area contributed by atoms with Gasteiger partial charge in [0.2, 0.25) is 10.0 Å². The number of nitrogens with one attached hydrogen (secondary N) is 1. The second-order valence-electron chi connectivity index (χ2n) is 7.40. The summed E-state index contributed by atoms with van der Waals surface area (Å²) in [7, 11) is -3.47. The number of hydrogen-bond acceptors (Lipinski definition) is 4. The minimum absolute atomic E-state index is 0.204. The first-order chi connectivity index (χ1) is 14.5. The first-order valence-corrected chi connectivity index (χ1v) is 11.3. The second kappa shape index (κ2) is 7.27. The lowest BCUT2D eigenvalue weighted by Crippen LogP contribution is -2.27. The van der Waals surface area contributed by atoms with Gasteiger partial charge in [0.05, 0.1) is 4.90 Å². The first kappa shape index (κ1) is 18.8. The third kappa shape index (κ3) is 3.26. The van der Waals surface area contributed by atoms with Gasteiger partial charge in [-0.1, -0.05) is 30.3 Å². The van der Waals surface area contributed by atoms with Gasteiger partial charge in [-0.2, -0.15) is 4.31 Å². The number of carbonyl (C=O) groups excluding carboxylic acids is 1. The summed E-state index contributed by atoms with van der Waals surface area (Å²) < 4.78 is 32.5. The number of rotatable bonds is 4. The lowest BCUT2D eigenvalue weighted by molar-refractivity contribution is 0.0998. The van der Waals surface area contributed by atoms with Crippen molar-refractivity contribution < 1.29 is 17.6 Å². The van der Waals surface area contributed by atoms with Crippen LogP contribution >= 0.6 is 0 Å².